The van der Waals surface area contributed by atoms with Crippen molar-refractivity contribution in [1.82, 2.24) is 0 Å². The predicted octanol–water partition coefficient (Wildman–Crippen LogP) is 3.08. The Morgan fingerprint density at radius 1 is 1.40 bits per heavy atom. The molecule has 0 saturated heterocycles. The van der Waals surface area contributed by atoms with E-state index >= 15 is 0 Å². The molecule has 54 valence electrons. The first-order valence-corrected chi connectivity index (χ1v) is 3.75. The van der Waals surface area contributed by atoms with Gasteiger partial charge < -0.3 is 0 Å². The van der Waals surface area contributed by atoms with E-state index in [0.717, 1.165) is 6.42 Å². The summed E-state index contributed by atoms with van der Waals surface area (Å²) >= 11 is 0. The fraction of sp³-hybridized carbons (Fsp3) is 0.400. The molecule has 0 aromatic carbocycles. The Kier molecular flexibility index (Phi) is 2.10. The number of rotatable bonds is 1. The third kappa shape index (κ3) is 1.60. The van der Waals surface area contributed by atoms with E-state index in [2.05, 4.69) is 50.3 Å². The second-order valence-corrected chi connectivity index (χ2v) is 3.00. The van der Waals surface area contributed by atoms with E-state index in [1.54, 1.807) is 0 Å². The number of hydrogen-bond acceptors (Lipinski definition) is 0. The molecule has 10 heavy (non-hydrogen) atoms. The average molecular weight is 134 g/mol. The molecule has 0 heterocycles. The Labute approximate surface area is 62.9 Å². The first kappa shape index (κ1) is 7.33. The topological polar surface area (TPSA) is 0 Å². The van der Waals surface area contributed by atoms with Crippen LogP contribution in [0.5, 0.6) is 0 Å². The van der Waals surface area contributed by atoms with E-state index in [1.165, 1.54) is 0 Å². The Morgan fingerprint density at radius 2 is 2.20 bits per heavy atom. The smallest absolute Gasteiger partial charge is 0.00702 e. The lowest BCUT2D eigenvalue weighted by molar-refractivity contribution is 0.556. The number of allylic oxidation sites excluding steroid dienone is 6. The molecule has 0 spiro atoms. The lowest BCUT2D eigenvalue weighted by atomic mass is 9.84. The maximum absolute atomic E-state index is 2.24. The molecule has 0 aromatic heterocycles. The summed E-state index contributed by atoms with van der Waals surface area (Å²) in [5.74, 6) is 0. The van der Waals surface area contributed by atoms with Gasteiger partial charge in [-0.15, -0.1) is 0 Å². The van der Waals surface area contributed by atoms with Crippen LogP contribution in [0.3, 0.4) is 0 Å². The van der Waals surface area contributed by atoms with Crippen molar-refractivity contribution in [2.24, 2.45) is 5.41 Å². The molecule has 0 radical (unpaired) electrons. The highest BCUT2D eigenvalue weighted by Crippen LogP contribution is 2.28. The fourth-order valence-corrected chi connectivity index (χ4v) is 1.25. The maximum Gasteiger partial charge on any atom is 0.00702 e. The van der Waals surface area contributed by atoms with Gasteiger partial charge in [0, 0.05) is 5.41 Å². The van der Waals surface area contributed by atoms with E-state index in [1.807, 2.05) is 0 Å². The Balaban J connectivity index is 2.70. The molecule has 0 amide bonds. The van der Waals surface area contributed by atoms with E-state index in [4.69, 9.17) is 0 Å². The summed E-state index contributed by atoms with van der Waals surface area (Å²) in [5, 5.41) is 0. The number of hydrogen-bond donors (Lipinski definition) is 0. The molecule has 1 aliphatic carbocycles. The molecule has 1 rings (SSSR count). The molecule has 0 N–H and O–H groups in total. The quantitative estimate of drug-likeness (QED) is 0.483. The van der Waals surface area contributed by atoms with Crippen LogP contribution >= 0.6 is 0 Å². The van der Waals surface area contributed by atoms with Crippen molar-refractivity contribution < 1.29 is 0 Å². The van der Waals surface area contributed by atoms with Gasteiger partial charge in [0.25, 0.3) is 0 Å². The second kappa shape index (κ2) is 2.87. The van der Waals surface area contributed by atoms with Crippen molar-refractivity contribution in [2.45, 2.75) is 20.3 Å². The highest BCUT2D eigenvalue weighted by atomic mass is 14.2. The van der Waals surface area contributed by atoms with Crippen LogP contribution in [0.2, 0.25) is 0 Å². The molecule has 0 saturated carbocycles. The van der Waals surface area contributed by atoms with Gasteiger partial charge >= 0.3 is 0 Å². The van der Waals surface area contributed by atoms with Crippen molar-refractivity contribution in [1.29, 1.82) is 0 Å². The zero-order valence-electron chi connectivity index (χ0n) is 6.67. The summed E-state index contributed by atoms with van der Waals surface area (Å²) in [6.07, 6.45) is 14.2. The van der Waals surface area contributed by atoms with Crippen LogP contribution in [0.15, 0.2) is 36.5 Å². The highest BCUT2D eigenvalue weighted by molar-refractivity contribution is 5.20. The van der Waals surface area contributed by atoms with Crippen LogP contribution in [-0.2, 0) is 0 Å². The van der Waals surface area contributed by atoms with Crippen molar-refractivity contribution in [3.8, 4) is 0 Å². The van der Waals surface area contributed by atoms with Gasteiger partial charge in [0.05, 0.1) is 0 Å². The maximum atomic E-state index is 2.24. The second-order valence-electron chi connectivity index (χ2n) is 3.00. The van der Waals surface area contributed by atoms with Crippen molar-refractivity contribution in [3.05, 3.63) is 36.5 Å². The Morgan fingerprint density at radius 3 is 2.70 bits per heavy atom. The van der Waals surface area contributed by atoms with Gasteiger partial charge in [-0.05, 0) is 13.3 Å². The normalized spacial score (nSPS) is 31.8. The van der Waals surface area contributed by atoms with Crippen LogP contribution in [-0.4, -0.2) is 0 Å². The monoisotopic (exact) mass is 134 g/mol. The SMILES string of the molecule is C/C=C/[C@]1(C)C=CC=CC1. The molecule has 0 unspecified atom stereocenters. The van der Waals surface area contributed by atoms with Gasteiger partial charge in [-0.25, -0.2) is 0 Å². The fourth-order valence-electron chi connectivity index (χ4n) is 1.25. The minimum Gasteiger partial charge on any atom is -0.0908 e. The molecule has 0 heteroatoms. The van der Waals surface area contributed by atoms with Gasteiger partial charge in [0.2, 0.25) is 0 Å². The van der Waals surface area contributed by atoms with Crippen LogP contribution < -0.4 is 0 Å². The summed E-state index contributed by atoms with van der Waals surface area (Å²) in [6, 6.07) is 0. The Hall–Kier alpha value is -0.780. The van der Waals surface area contributed by atoms with Gasteiger partial charge in [-0.3, -0.25) is 0 Å². The average Bonchev–Trinajstić information content (AvgIpc) is 1.89. The zero-order chi connectivity index (χ0) is 7.45. The van der Waals surface area contributed by atoms with Crippen LogP contribution in [0, 0.1) is 5.41 Å². The summed E-state index contributed by atoms with van der Waals surface area (Å²) in [7, 11) is 0. The largest absolute Gasteiger partial charge is 0.0908 e. The molecule has 0 aliphatic heterocycles. The molecular formula is C10H14. The lowest BCUT2D eigenvalue weighted by Gasteiger charge is -2.21. The van der Waals surface area contributed by atoms with Crippen LogP contribution in [0.25, 0.3) is 0 Å². The van der Waals surface area contributed by atoms with Gasteiger partial charge in [-0.1, -0.05) is 43.4 Å². The van der Waals surface area contributed by atoms with Crippen molar-refractivity contribution in [3.63, 3.8) is 0 Å². The first-order chi connectivity index (χ1) is 4.77. The summed E-state index contributed by atoms with van der Waals surface area (Å²) in [5.41, 5.74) is 0.281. The van der Waals surface area contributed by atoms with Crippen LogP contribution in [0.1, 0.15) is 20.3 Å². The van der Waals surface area contributed by atoms with E-state index < -0.39 is 0 Å². The predicted molar refractivity (Wildman–Crippen MR) is 45.8 cm³/mol. The van der Waals surface area contributed by atoms with Crippen molar-refractivity contribution >= 4 is 0 Å². The van der Waals surface area contributed by atoms with E-state index in [0.29, 0.717) is 0 Å². The molecule has 0 nitrogen and oxygen atoms in total. The molecular weight excluding hydrogens is 120 g/mol. The standard InChI is InChI=1S/C10H14/c1-3-7-10(2)8-5-4-6-9-10/h3-8H,9H2,1-2H3/b7-3+/t10-/m1/s1. The summed E-state index contributed by atoms with van der Waals surface area (Å²) in [6.45, 7) is 4.31. The zero-order valence-corrected chi connectivity index (χ0v) is 6.67. The molecule has 1 aliphatic rings. The molecule has 0 fully saturated rings. The van der Waals surface area contributed by atoms with Gasteiger partial charge in [0.1, 0.15) is 0 Å². The lowest BCUT2D eigenvalue weighted by Crippen LogP contribution is -2.09. The van der Waals surface area contributed by atoms with Crippen molar-refractivity contribution in [2.75, 3.05) is 0 Å². The Bertz CT molecular complexity index is 184. The summed E-state index contributed by atoms with van der Waals surface area (Å²) < 4.78 is 0. The van der Waals surface area contributed by atoms with Crippen LogP contribution in [0.4, 0.5) is 0 Å². The van der Waals surface area contributed by atoms with E-state index in [-0.39, 0.29) is 5.41 Å². The van der Waals surface area contributed by atoms with Gasteiger partial charge in [-0.2, -0.15) is 0 Å². The first-order valence-electron chi connectivity index (χ1n) is 3.75. The molecule has 0 bridgehead atoms. The molecule has 0 aromatic rings. The third-order valence-electron chi connectivity index (χ3n) is 1.83. The van der Waals surface area contributed by atoms with E-state index in [9.17, 15) is 0 Å². The highest BCUT2D eigenvalue weighted by Gasteiger charge is 2.15. The third-order valence-corrected chi connectivity index (χ3v) is 1.83. The minimum absolute atomic E-state index is 0.281. The summed E-state index contributed by atoms with van der Waals surface area (Å²) in [4.78, 5) is 0. The van der Waals surface area contributed by atoms with Gasteiger partial charge in [0.15, 0.2) is 0 Å². The minimum atomic E-state index is 0.281. The molecule has 1 atom stereocenters.